The Hall–Kier alpha value is -1.18. The predicted octanol–water partition coefficient (Wildman–Crippen LogP) is 1.11. The van der Waals surface area contributed by atoms with Crippen LogP contribution in [0.25, 0.3) is 0 Å². The summed E-state index contributed by atoms with van der Waals surface area (Å²) >= 11 is 0. The van der Waals surface area contributed by atoms with E-state index in [2.05, 4.69) is 4.74 Å². The fraction of sp³-hybridized carbons (Fsp3) is 0.857. The van der Waals surface area contributed by atoms with E-state index >= 15 is 0 Å². The van der Waals surface area contributed by atoms with Crippen molar-refractivity contribution in [2.75, 3.05) is 34.4 Å². The third-order valence-electron chi connectivity index (χ3n) is 2.68. The van der Waals surface area contributed by atoms with Crippen molar-refractivity contribution in [3.63, 3.8) is 0 Å². The van der Waals surface area contributed by atoms with Crippen LogP contribution in [0.15, 0.2) is 0 Å². The summed E-state index contributed by atoms with van der Waals surface area (Å²) in [4.78, 5) is 22.8. The van der Waals surface area contributed by atoms with E-state index in [0.29, 0.717) is 13.0 Å². The van der Waals surface area contributed by atoms with Crippen molar-refractivity contribution in [1.29, 1.82) is 0 Å². The van der Waals surface area contributed by atoms with Crippen LogP contribution < -0.4 is 0 Å². The Bertz CT molecular complexity index is 329. The molecule has 124 valence electrons. The van der Waals surface area contributed by atoms with Gasteiger partial charge in [-0.1, -0.05) is 0 Å². The Morgan fingerprint density at radius 3 is 2.38 bits per heavy atom. The van der Waals surface area contributed by atoms with Gasteiger partial charge in [-0.2, -0.15) is 0 Å². The average molecular weight is 305 g/mol. The van der Waals surface area contributed by atoms with E-state index in [1.807, 2.05) is 19.0 Å². The van der Waals surface area contributed by atoms with E-state index < -0.39 is 11.8 Å². The van der Waals surface area contributed by atoms with Crippen molar-refractivity contribution in [2.24, 2.45) is 0 Å². The number of aliphatic carboxylic acids is 1. The largest absolute Gasteiger partial charge is 0.481 e. The molecule has 7 heteroatoms. The number of rotatable bonds is 6. The maximum atomic E-state index is 10.6. The number of carboxylic acid groups (broad SMARTS) is 1. The molecule has 1 rings (SSSR count). The molecule has 0 aromatic carbocycles. The van der Waals surface area contributed by atoms with Crippen molar-refractivity contribution in [2.45, 2.75) is 45.0 Å². The highest BCUT2D eigenvalue weighted by atomic mass is 16.7. The number of carbonyl (C=O) groups excluding carboxylic acids is 1. The quantitative estimate of drug-likeness (QED) is 0.736. The summed E-state index contributed by atoms with van der Waals surface area (Å²) in [6.45, 7) is 4.86. The first kappa shape index (κ1) is 19.8. The van der Waals surface area contributed by atoms with Gasteiger partial charge in [0.25, 0.3) is 0 Å². The van der Waals surface area contributed by atoms with Gasteiger partial charge < -0.3 is 24.2 Å². The second-order valence-electron chi connectivity index (χ2n) is 5.53. The summed E-state index contributed by atoms with van der Waals surface area (Å²) in [7, 11) is 5.38. The zero-order valence-corrected chi connectivity index (χ0v) is 13.5. The zero-order chi connectivity index (χ0) is 16.5. The number of carbonyl (C=O) groups is 2. The standard InChI is InChI=1S/C7H15NO2.C7H12O4/c1-8(2)6-4-5-7(9)10-3;1-7(2)10-4-5(11-7)3-6(8)9/h4-6H2,1-3H3;5H,3-4H2,1-2H3,(H,8,9). The Labute approximate surface area is 126 Å². The molecule has 1 N–H and O–H groups in total. The minimum Gasteiger partial charge on any atom is -0.481 e. The van der Waals surface area contributed by atoms with E-state index in [9.17, 15) is 9.59 Å². The molecular formula is C14H27NO6. The molecule has 7 nitrogen and oxygen atoms in total. The molecule has 0 aromatic rings. The third-order valence-corrected chi connectivity index (χ3v) is 2.68. The highest BCUT2D eigenvalue weighted by Gasteiger charge is 2.33. The molecule has 1 atom stereocenters. The zero-order valence-electron chi connectivity index (χ0n) is 13.5. The second kappa shape index (κ2) is 9.70. The monoisotopic (exact) mass is 305 g/mol. The van der Waals surface area contributed by atoms with E-state index in [-0.39, 0.29) is 18.5 Å². The van der Waals surface area contributed by atoms with E-state index in [1.165, 1.54) is 7.11 Å². The van der Waals surface area contributed by atoms with Crippen molar-refractivity contribution < 1.29 is 28.9 Å². The van der Waals surface area contributed by atoms with Gasteiger partial charge in [0.05, 0.1) is 26.2 Å². The smallest absolute Gasteiger partial charge is 0.306 e. The number of carboxylic acids is 1. The molecule has 0 amide bonds. The topological polar surface area (TPSA) is 85.3 Å². The number of nitrogens with zero attached hydrogens (tertiary/aromatic N) is 1. The fourth-order valence-electron chi connectivity index (χ4n) is 1.70. The summed E-state index contributed by atoms with van der Waals surface area (Å²) < 4.78 is 14.9. The second-order valence-corrected chi connectivity index (χ2v) is 5.53. The first-order valence-corrected chi connectivity index (χ1v) is 6.91. The lowest BCUT2D eigenvalue weighted by atomic mass is 10.3. The molecule has 0 radical (unpaired) electrons. The maximum absolute atomic E-state index is 10.6. The molecule has 0 bridgehead atoms. The third kappa shape index (κ3) is 11.2. The molecular weight excluding hydrogens is 278 g/mol. The average Bonchev–Trinajstić information content (AvgIpc) is 2.67. The molecule has 21 heavy (non-hydrogen) atoms. The molecule has 1 heterocycles. The molecule has 1 unspecified atom stereocenters. The van der Waals surface area contributed by atoms with Gasteiger partial charge in [0, 0.05) is 6.42 Å². The van der Waals surface area contributed by atoms with Crippen LogP contribution in [0.2, 0.25) is 0 Å². The van der Waals surface area contributed by atoms with E-state index in [1.54, 1.807) is 13.8 Å². The fourth-order valence-corrected chi connectivity index (χ4v) is 1.70. The van der Waals surface area contributed by atoms with Crippen LogP contribution >= 0.6 is 0 Å². The minimum atomic E-state index is -0.851. The molecule has 1 saturated heterocycles. The summed E-state index contributed by atoms with van der Waals surface area (Å²) in [5.41, 5.74) is 0. The highest BCUT2D eigenvalue weighted by Crippen LogP contribution is 2.23. The Morgan fingerprint density at radius 1 is 1.38 bits per heavy atom. The van der Waals surface area contributed by atoms with Gasteiger partial charge >= 0.3 is 11.9 Å². The van der Waals surface area contributed by atoms with Crippen LogP contribution in [0.3, 0.4) is 0 Å². The SMILES string of the molecule is CC1(C)OCC(CC(=O)O)O1.COC(=O)CCCN(C)C. The number of methoxy groups -OCH3 is 1. The Balaban J connectivity index is 0.000000384. The van der Waals surface area contributed by atoms with Crippen LogP contribution in [0.4, 0.5) is 0 Å². The van der Waals surface area contributed by atoms with Crippen molar-refractivity contribution in [3.05, 3.63) is 0 Å². The Kier molecular flexibility index (Phi) is 9.16. The molecule has 1 fully saturated rings. The lowest BCUT2D eigenvalue weighted by molar-refractivity contribution is -0.150. The van der Waals surface area contributed by atoms with Gasteiger partial charge in [0.1, 0.15) is 0 Å². The van der Waals surface area contributed by atoms with Gasteiger partial charge in [-0.15, -0.1) is 0 Å². The van der Waals surface area contributed by atoms with Crippen molar-refractivity contribution >= 4 is 11.9 Å². The number of esters is 1. The van der Waals surface area contributed by atoms with Crippen LogP contribution in [-0.4, -0.2) is 68.2 Å². The van der Waals surface area contributed by atoms with Gasteiger partial charge in [-0.05, 0) is 40.9 Å². The van der Waals surface area contributed by atoms with Crippen molar-refractivity contribution in [3.8, 4) is 0 Å². The summed E-state index contributed by atoms with van der Waals surface area (Å²) in [5.74, 6) is -1.58. The van der Waals surface area contributed by atoms with Gasteiger partial charge in [0.15, 0.2) is 5.79 Å². The van der Waals surface area contributed by atoms with E-state index in [4.69, 9.17) is 14.6 Å². The van der Waals surface area contributed by atoms with E-state index in [0.717, 1.165) is 13.0 Å². The number of hydrogen-bond donors (Lipinski definition) is 1. The molecule has 0 aliphatic carbocycles. The van der Waals surface area contributed by atoms with Crippen LogP contribution in [0.1, 0.15) is 33.1 Å². The lowest BCUT2D eigenvalue weighted by Crippen LogP contribution is -2.22. The normalized spacial score (nSPS) is 19.8. The van der Waals surface area contributed by atoms with Crippen LogP contribution in [0, 0.1) is 0 Å². The summed E-state index contributed by atoms with van der Waals surface area (Å²) in [6.07, 6.45) is 1.13. The van der Waals surface area contributed by atoms with Crippen LogP contribution in [0.5, 0.6) is 0 Å². The first-order valence-electron chi connectivity index (χ1n) is 6.91. The predicted molar refractivity (Wildman–Crippen MR) is 77.0 cm³/mol. The van der Waals surface area contributed by atoms with Crippen molar-refractivity contribution in [1.82, 2.24) is 4.90 Å². The highest BCUT2D eigenvalue weighted by molar-refractivity contribution is 5.69. The number of ether oxygens (including phenoxy) is 3. The summed E-state index contributed by atoms with van der Waals surface area (Å²) in [6, 6.07) is 0. The first-order chi connectivity index (χ1) is 9.66. The molecule has 1 aliphatic heterocycles. The molecule has 0 saturated carbocycles. The summed E-state index contributed by atoms with van der Waals surface area (Å²) in [5, 5.41) is 8.41. The number of hydrogen-bond acceptors (Lipinski definition) is 6. The molecule has 1 aliphatic rings. The van der Waals surface area contributed by atoms with Crippen LogP contribution in [-0.2, 0) is 23.8 Å². The maximum Gasteiger partial charge on any atom is 0.306 e. The minimum absolute atomic E-state index is 0.0173. The van der Waals surface area contributed by atoms with Gasteiger partial charge in [-0.3, -0.25) is 9.59 Å². The van der Waals surface area contributed by atoms with Gasteiger partial charge in [0.2, 0.25) is 0 Å². The molecule has 0 spiro atoms. The lowest BCUT2D eigenvalue weighted by Gasteiger charge is -2.16. The Morgan fingerprint density at radius 2 is 2.00 bits per heavy atom. The van der Waals surface area contributed by atoms with Gasteiger partial charge in [-0.25, -0.2) is 0 Å². The molecule has 0 aromatic heterocycles.